The van der Waals surface area contributed by atoms with Crippen molar-refractivity contribution in [3.8, 4) is 0 Å². The number of carbonyl (C=O) groups is 2. The fourth-order valence-electron chi connectivity index (χ4n) is 3.31. The molecule has 0 amide bonds. The first-order chi connectivity index (χ1) is 13.0. The lowest BCUT2D eigenvalue weighted by Gasteiger charge is -2.30. The molecule has 0 fully saturated rings. The Balaban J connectivity index is 2.89. The molecule has 0 radical (unpaired) electrons. The molecule has 0 aliphatic carbocycles. The fourth-order valence-corrected chi connectivity index (χ4v) is 3.31. The number of unbranched alkanes of at least 4 members (excludes halogenated alkanes) is 5. The predicted molar refractivity (Wildman–Crippen MR) is 107 cm³/mol. The van der Waals surface area contributed by atoms with E-state index in [2.05, 4.69) is 17.6 Å². The molecule has 1 rings (SSSR count). The summed E-state index contributed by atoms with van der Waals surface area (Å²) in [5.74, 6) is -0.811. The van der Waals surface area contributed by atoms with E-state index in [9.17, 15) is 9.59 Å². The van der Waals surface area contributed by atoms with E-state index in [4.69, 9.17) is 9.47 Å². The number of rotatable bonds is 12. The minimum atomic E-state index is -0.514. The second-order valence-electron chi connectivity index (χ2n) is 6.80. The largest absolute Gasteiger partial charge is 0.463 e. The van der Waals surface area contributed by atoms with E-state index in [0.717, 1.165) is 19.4 Å². The molecule has 0 atom stereocenters. The molecule has 0 saturated carbocycles. The Kier molecular flexibility index (Phi) is 10.8. The van der Waals surface area contributed by atoms with Gasteiger partial charge < -0.3 is 20.1 Å². The molecule has 0 bridgehead atoms. The maximum Gasteiger partial charge on any atom is 0.337 e. The molecule has 154 valence electrons. The highest BCUT2D eigenvalue weighted by molar-refractivity contribution is 5.99. The van der Waals surface area contributed by atoms with Crippen LogP contribution >= 0.6 is 0 Å². The number of dihydropyridines is 1. The van der Waals surface area contributed by atoms with Gasteiger partial charge in [-0.1, -0.05) is 39.0 Å². The summed E-state index contributed by atoms with van der Waals surface area (Å²) in [6.07, 6.45) is 7.09. The molecule has 0 aromatic carbocycles. The maximum absolute atomic E-state index is 12.5. The highest BCUT2D eigenvalue weighted by Gasteiger charge is 2.36. The molecule has 0 saturated heterocycles. The van der Waals surface area contributed by atoms with E-state index in [0.29, 0.717) is 22.5 Å². The Morgan fingerprint density at radius 2 is 1.33 bits per heavy atom. The lowest BCUT2D eigenvalue weighted by atomic mass is 9.91. The number of allylic oxidation sites excluding steroid dienone is 2. The molecule has 0 unspecified atom stereocenters. The van der Waals surface area contributed by atoms with E-state index in [-0.39, 0.29) is 13.2 Å². The first kappa shape index (κ1) is 23.2. The van der Waals surface area contributed by atoms with Crippen LogP contribution in [0.4, 0.5) is 0 Å². The lowest BCUT2D eigenvalue weighted by Crippen LogP contribution is -2.45. The third-order valence-corrected chi connectivity index (χ3v) is 4.63. The van der Waals surface area contributed by atoms with Crippen molar-refractivity contribution in [2.75, 3.05) is 19.8 Å². The molecule has 2 N–H and O–H groups in total. The van der Waals surface area contributed by atoms with Gasteiger partial charge in [0.25, 0.3) is 0 Å². The summed E-state index contributed by atoms with van der Waals surface area (Å²) >= 11 is 0. The molecule has 27 heavy (non-hydrogen) atoms. The standard InChI is InChI=1S/C21H36N2O4/c1-6-9-10-11-12-13-14-22-19-17(20(24)26-7-2)15(4)23-16(5)18(19)21(25)27-8-3/h19,22-23H,6-14H2,1-5H3. The van der Waals surface area contributed by atoms with E-state index in [1.165, 1.54) is 25.7 Å². The van der Waals surface area contributed by atoms with Crippen molar-refractivity contribution in [3.05, 3.63) is 22.5 Å². The number of esters is 2. The number of ether oxygens (including phenoxy) is 2. The Morgan fingerprint density at radius 1 is 0.852 bits per heavy atom. The van der Waals surface area contributed by atoms with Crippen molar-refractivity contribution in [1.82, 2.24) is 10.6 Å². The molecule has 6 heteroatoms. The van der Waals surface area contributed by atoms with Gasteiger partial charge in [-0.15, -0.1) is 0 Å². The van der Waals surface area contributed by atoms with Gasteiger partial charge in [0.1, 0.15) is 0 Å². The quantitative estimate of drug-likeness (QED) is 0.398. The van der Waals surface area contributed by atoms with Crippen LogP contribution in [-0.4, -0.2) is 37.7 Å². The molecular formula is C21H36N2O4. The third-order valence-electron chi connectivity index (χ3n) is 4.63. The van der Waals surface area contributed by atoms with Crippen LogP contribution in [0.1, 0.15) is 73.1 Å². The monoisotopic (exact) mass is 380 g/mol. The second-order valence-corrected chi connectivity index (χ2v) is 6.80. The van der Waals surface area contributed by atoms with Gasteiger partial charge in [-0.25, -0.2) is 9.59 Å². The average molecular weight is 381 g/mol. The Labute approximate surface area is 163 Å². The van der Waals surface area contributed by atoms with Gasteiger partial charge in [0.15, 0.2) is 0 Å². The maximum atomic E-state index is 12.5. The molecule has 1 aliphatic rings. The van der Waals surface area contributed by atoms with Gasteiger partial charge in [0.2, 0.25) is 0 Å². The highest BCUT2D eigenvalue weighted by Crippen LogP contribution is 2.26. The van der Waals surface area contributed by atoms with Gasteiger partial charge in [-0.3, -0.25) is 0 Å². The molecule has 0 aromatic rings. The van der Waals surface area contributed by atoms with Crippen LogP contribution < -0.4 is 10.6 Å². The molecule has 1 aliphatic heterocycles. The van der Waals surface area contributed by atoms with E-state index >= 15 is 0 Å². The normalized spacial score (nSPS) is 15.0. The second kappa shape index (κ2) is 12.5. The summed E-state index contributed by atoms with van der Waals surface area (Å²) in [5, 5.41) is 6.53. The summed E-state index contributed by atoms with van der Waals surface area (Å²) in [6, 6.07) is -0.514. The van der Waals surface area contributed by atoms with Crippen molar-refractivity contribution in [3.63, 3.8) is 0 Å². The zero-order valence-electron chi connectivity index (χ0n) is 17.6. The summed E-state index contributed by atoms with van der Waals surface area (Å²) in [7, 11) is 0. The van der Waals surface area contributed by atoms with Crippen molar-refractivity contribution in [1.29, 1.82) is 0 Å². The van der Waals surface area contributed by atoms with Gasteiger partial charge in [-0.2, -0.15) is 0 Å². The van der Waals surface area contributed by atoms with Gasteiger partial charge in [-0.05, 0) is 40.7 Å². The van der Waals surface area contributed by atoms with E-state index in [1.807, 2.05) is 13.8 Å². The fraction of sp³-hybridized carbons (Fsp3) is 0.714. The predicted octanol–water partition coefficient (Wildman–Crippen LogP) is 3.58. The first-order valence-electron chi connectivity index (χ1n) is 10.2. The minimum Gasteiger partial charge on any atom is -0.463 e. The van der Waals surface area contributed by atoms with Crippen LogP contribution in [0.25, 0.3) is 0 Å². The Morgan fingerprint density at radius 3 is 1.81 bits per heavy atom. The highest BCUT2D eigenvalue weighted by atomic mass is 16.5. The van der Waals surface area contributed by atoms with Crippen molar-refractivity contribution < 1.29 is 19.1 Å². The van der Waals surface area contributed by atoms with E-state index < -0.39 is 18.0 Å². The van der Waals surface area contributed by atoms with Crippen molar-refractivity contribution in [2.24, 2.45) is 0 Å². The number of carbonyl (C=O) groups excluding carboxylic acids is 2. The summed E-state index contributed by atoms with van der Waals surface area (Å²) in [4.78, 5) is 25.0. The lowest BCUT2D eigenvalue weighted by molar-refractivity contribution is -0.139. The molecule has 6 nitrogen and oxygen atoms in total. The topological polar surface area (TPSA) is 76.7 Å². The Bertz CT molecular complexity index is 527. The van der Waals surface area contributed by atoms with Crippen LogP contribution in [0, 0.1) is 0 Å². The van der Waals surface area contributed by atoms with Gasteiger partial charge in [0.05, 0.1) is 30.4 Å². The SMILES string of the molecule is CCCCCCCCNC1C(C(=O)OCC)=C(C)NC(C)=C1C(=O)OCC. The Hall–Kier alpha value is -1.82. The number of hydrogen-bond donors (Lipinski definition) is 2. The molecule has 0 spiro atoms. The van der Waals surface area contributed by atoms with Gasteiger partial charge in [0, 0.05) is 11.4 Å². The number of hydrogen-bond acceptors (Lipinski definition) is 6. The number of nitrogens with one attached hydrogen (secondary N) is 2. The molecule has 0 aromatic heterocycles. The summed E-state index contributed by atoms with van der Waals surface area (Å²) in [5.41, 5.74) is 2.33. The molecular weight excluding hydrogens is 344 g/mol. The van der Waals surface area contributed by atoms with Crippen LogP contribution in [-0.2, 0) is 19.1 Å². The zero-order chi connectivity index (χ0) is 20.2. The van der Waals surface area contributed by atoms with Crippen molar-refractivity contribution in [2.45, 2.75) is 79.2 Å². The first-order valence-corrected chi connectivity index (χ1v) is 10.2. The van der Waals surface area contributed by atoms with Gasteiger partial charge >= 0.3 is 11.9 Å². The average Bonchev–Trinajstić information content (AvgIpc) is 2.60. The minimum absolute atomic E-state index is 0.289. The van der Waals surface area contributed by atoms with E-state index in [1.54, 1.807) is 13.8 Å². The van der Waals surface area contributed by atoms with Crippen molar-refractivity contribution >= 4 is 11.9 Å². The van der Waals surface area contributed by atoms with Crippen LogP contribution in [0.5, 0.6) is 0 Å². The molecule has 1 heterocycles. The summed E-state index contributed by atoms with van der Waals surface area (Å²) < 4.78 is 10.5. The smallest absolute Gasteiger partial charge is 0.337 e. The summed E-state index contributed by atoms with van der Waals surface area (Å²) in [6.45, 7) is 10.7. The zero-order valence-corrected chi connectivity index (χ0v) is 17.6. The third kappa shape index (κ3) is 7.01. The van der Waals surface area contributed by atoms with Crippen LogP contribution in [0.3, 0.4) is 0 Å². The van der Waals surface area contributed by atoms with Crippen LogP contribution in [0.2, 0.25) is 0 Å². The van der Waals surface area contributed by atoms with Crippen LogP contribution in [0.15, 0.2) is 22.5 Å².